The fraction of sp³-hybridized carbons (Fsp3) is 0.269. The summed E-state index contributed by atoms with van der Waals surface area (Å²) < 4.78 is 84.9. The van der Waals surface area contributed by atoms with Crippen LogP contribution >= 0.6 is 0 Å². The second-order valence-electron chi connectivity index (χ2n) is 8.57. The van der Waals surface area contributed by atoms with Crippen molar-refractivity contribution >= 4 is 26.8 Å². The highest BCUT2D eigenvalue weighted by Crippen LogP contribution is 2.31. The highest BCUT2D eigenvalue weighted by atomic mass is 32.2. The van der Waals surface area contributed by atoms with Crippen molar-refractivity contribution in [3.8, 4) is 11.3 Å². The Hall–Kier alpha value is -3.64. The van der Waals surface area contributed by atoms with E-state index in [0.717, 1.165) is 28.6 Å². The molecule has 38 heavy (non-hydrogen) atoms. The van der Waals surface area contributed by atoms with Crippen molar-refractivity contribution in [2.24, 2.45) is 0 Å². The maximum absolute atomic E-state index is 13.5. The zero-order chi connectivity index (χ0) is 27.7. The van der Waals surface area contributed by atoms with Crippen LogP contribution in [0.5, 0.6) is 0 Å². The summed E-state index contributed by atoms with van der Waals surface area (Å²) in [5, 5.41) is -0.109. The molecular weight excluding hydrogens is 526 g/mol. The van der Waals surface area contributed by atoms with E-state index in [1.54, 1.807) is 13.0 Å². The summed E-state index contributed by atoms with van der Waals surface area (Å²) in [5.74, 6) is -0.906. The molecule has 4 aromatic rings. The minimum absolute atomic E-state index is 0.00772. The summed E-state index contributed by atoms with van der Waals surface area (Å²) in [4.78, 5) is 21.2. The van der Waals surface area contributed by atoms with E-state index < -0.39 is 38.7 Å². The number of sulfonamides is 1. The molecule has 0 unspecified atom stereocenters. The fourth-order valence-corrected chi connectivity index (χ4v) is 5.60. The molecule has 12 heteroatoms. The van der Waals surface area contributed by atoms with Gasteiger partial charge in [0.2, 0.25) is 5.09 Å². The zero-order valence-corrected chi connectivity index (χ0v) is 21.2. The van der Waals surface area contributed by atoms with Crippen LogP contribution in [-0.4, -0.2) is 41.1 Å². The van der Waals surface area contributed by atoms with Gasteiger partial charge in [-0.2, -0.15) is 17.5 Å². The number of halogens is 4. The Bertz CT molecular complexity index is 1570. The monoisotopic (exact) mass is 549 g/mol. The molecule has 200 valence electrons. The Morgan fingerprint density at radius 3 is 2.42 bits per heavy atom. The van der Waals surface area contributed by atoms with Crippen LogP contribution in [0.1, 0.15) is 31.5 Å². The van der Waals surface area contributed by atoms with Crippen molar-refractivity contribution in [2.75, 3.05) is 6.54 Å². The van der Waals surface area contributed by atoms with Gasteiger partial charge in [0.05, 0.1) is 17.3 Å². The maximum atomic E-state index is 13.5. The highest BCUT2D eigenvalue weighted by molar-refractivity contribution is 7.89. The summed E-state index contributed by atoms with van der Waals surface area (Å²) in [6.07, 6.45) is -3.07. The number of aryl methyl sites for hydroxylation is 1. The number of ketones is 1. The first-order valence-electron chi connectivity index (χ1n) is 11.6. The van der Waals surface area contributed by atoms with Crippen molar-refractivity contribution in [1.29, 1.82) is 0 Å². The number of rotatable bonds is 9. The van der Waals surface area contributed by atoms with E-state index in [1.165, 1.54) is 37.5 Å². The Morgan fingerprint density at radius 2 is 1.76 bits per heavy atom. The number of furan rings is 1. The van der Waals surface area contributed by atoms with Crippen molar-refractivity contribution < 1.29 is 35.2 Å². The van der Waals surface area contributed by atoms with Crippen LogP contribution in [0.3, 0.4) is 0 Å². The number of benzene rings is 2. The van der Waals surface area contributed by atoms with Gasteiger partial charge in [-0.15, -0.1) is 0 Å². The van der Waals surface area contributed by atoms with Crippen LogP contribution in [0, 0.1) is 5.82 Å². The number of carbonyl (C=O) groups excluding carboxylic acids is 1. The number of hydrogen-bond acceptors (Lipinski definition) is 6. The third-order valence-corrected chi connectivity index (χ3v) is 7.99. The number of likely N-dealkylation sites (N-methyl/N-ethyl adjacent to an activating group) is 1. The molecule has 2 heterocycles. The molecule has 0 amide bonds. The van der Waals surface area contributed by atoms with E-state index in [0.29, 0.717) is 17.0 Å². The molecule has 0 aliphatic rings. The first-order valence-corrected chi connectivity index (χ1v) is 13.1. The molecule has 2 aromatic heterocycles. The standard InChI is InChI=1S/C26H23F4N3O4S/c1-3-33(38(35,36)25-13-18-12-20(27)8-11-24(18)37-25)16(2)23(34)10-9-21-14-22(32-15-31-21)17-4-6-19(7-5-17)26(28,29)30/h4-8,11-16H,3,9-10H2,1-2H3/t16-/m0/s1. The summed E-state index contributed by atoms with van der Waals surface area (Å²) in [6, 6.07) is 9.94. The number of aromatic nitrogens is 2. The second kappa shape index (κ2) is 10.6. The van der Waals surface area contributed by atoms with Crippen molar-refractivity contribution in [3.63, 3.8) is 0 Å². The first-order chi connectivity index (χ1) is 17.9. The predicted octanol–water partition coefficient (Wildman–Crippen LogP) is 5.65. The van der Waals surface area contributed by atoms with E-state index in [-0.39, 0.29) is 36.1 Å². The Balaban J connectivity index is 1.46. The molecule has 0 saturated heterocycles. The first kappa shape index (κ1) is 27.4. The fourth-order valence-electron chi connectivity index (χ4n) is 4.03. The van der Waals surface area contributed by atoms with Gasteiger partial charge in [-0.1, -0.05) is 19.1 Å². The molecule has 0 spiro atoms. The lowest BCUT2D eigenvalue weighted by Crippen LogP contribution is -2.43. The molecule has 0 bridgehead atoms. The number of Topliss-reactive ketones (excluding diaryl/α,β-unsaturated/α-hetero) is 1. The molecule has 0 aliphatic carbocycles. The largest absolute Gasteiger partial charge is 0.443 e. The van der Waals surface area contributed by atoms with Crippen LogP contribution in [0.25, 0.3) is 22.2 Å². The molecule has 1 atom stereocenters. The summed E-state index contributed by atoms with van der Waals surface area (Å²) in [7, 11) is -4.19. The van der Waals surface area contributed by atoms with Gasteiger partial charge >= 0.3 is 6.18 Å². The number of alkyl halides is 3. The number of fused-ring (bicyclic) bond motifs is 1. The molecule has 0 N–H and O–H groups in total. The third-order valence-electron chi connectivity index (χ3n) is 6.09. The van der Waals surface area contributed by atoms with Gasteiger partial charge in [-0.25, -0.2) is 22.8 Å². The Kier molecular flexibility index (Phi) is 7.65. The predicted molar refractivity (Wildman–Crippen MR) is 131 cm³/mol. The van der Waals surface area contributed by atoms with Crippen LogP contribution in [0.4, 0.5) is 17.6 Å². The van der Waals surface area contributed by atoms with Crippen molar-refractivity contribution in [1.82, 2.24) is 14.3 Å². The summed E-state index contributed by atoms with van der Waals surface area (Å²) in [5.41, 5.74) is 0.743. The van der Waals surface area contributed by atoms with E-state index in [2.05, 4.69) is 9.97 Å². The van der Waals surface area contributed by atoms with E-state index in [9.17, 15) is 30.8 Å². The Labute approximate surface area is 216 Å². The normalized spacial score (nSPS) is 13.2. The van der Waals surface area contributed by atoms with Gasteiger partial charge in [0.15, 0.2) is 5.78 Å². The van der Waals surface area contributed by atoms with Gasteiger partial charge < -0.3 is 4.42 Å². The van der Waals surface area contributed by atoms with Gasteiger partial charge in [-0.3, -0.25) is 4.79 Å². The van der Waals surface area contributed by atoms with Crippen molar-refractivity contribution in [3.05, 3.63) is 78.0 Å². The average molecular weight is 550 g/mol. The zero-order valence-electron chi connectivity index (χ0n) is 20.4. The average Bonchev–Trinajstić information content (AvgIpc) is 3.31. The SMILES string of the molecule is CCN([C@@H](C)C(=O)CCc1cc(-c2ccc(C(F)(F)F)cc2)ncn1)S(=O)(=O)c1cc2cc(F)ccc2o1. The van der Waals surface area contributed by atoms with Crippen LogP contribution in [-0.2, 0) is 27.4 Å². The maximum Gasteiger partial charge on any atom is 0.416 e. The molecule has 4 rings (SSSR count). The van der Waals surface area contributed by atoms with Crippen LogP contribution in [0.15, 0.2) is 70.4 Å². The van der Waals surface area contributed by atoms with E-state index in [4.69, 9.17) is 4.42 Å². The lowest BCUT2D eigenvalue weighted by molar-refractivity contribution is -0.137. The van der Waals surface area contributed by atoms with Gasteiger partial charge in [0.25, 0.3) is 10.0 Å². The minimum Gasteiger partial charge on any atom is -0.443 e. The minimum atomic E-state index is -4.45. The Morgan fingerprint density at radius 1 is 1.05 bits per heavy atom. The number of nitrogens with zero attached hydrogens (tertiary/aromatic N) is 3. The van der Waals surface area contributed by atoms with E-state index >= 15 is 0 Å². The molecule has 7 nitrogen and oxygen atoms in total. The molecule has 0 fully saturated rings. The second-order valence-corrected chi connectivity index (χ2v) is 10.4. The lowest BCUT2D eigenvalue weighted by Gasteiger charge is -2.25. The smallest absolute Gasteiger partial charge is 0.416 e. The number of carbonyl (C=O) groups is 1. The molecule has 2 aromatic carbocycles. The van der Waals surface area contributed by atoms with Crippen LogP contribution < -0.4 is 0 Å². The summed E-state index contributed by atoms with van der Waals surface area (Å²) >= 11 is 0. The van der Waals surface area contributed by atoms with Crippen LogP contribution in [0.2, 0.25) is 0 Å². The molecule has 0 aliphatic heterocycles. The quantitative estimate of drug-likeness (QED) is 0.251. The van der Waals surface area contributed by atoms with Crippen molar-refractivity contribution in [2.45, 2.75) is 44.0 Å². The lowest BCUT2D eigenvalue weighted by atomic mass is 10.0. The third kappa shape index (κ3) is 5.76. The highest BCUT2D eigenvalue weighted by Gasteiger charge is 2.34. The molecule has 0 radical (unpaired) electrons. The van der Waals surface area contributed by atoms with Gasteiger partial charge in [-0.05, 0) is 49.7 Å². The molecular formula is C26H23F4N3O4S. The summed E-state index contributed by atoms with van der Waals surface area (Å²) in [6.45, 7) is 3.05. The topological polar surface area (TPSA) is 93.4 Å². The number of hydrogen-bond donors (Lipinski definition) is 0. The molecule has 0 saturated carbocycles. The van der Waals surface area contributed by atoms with Gasteiger partial charge in [0.1, 0.15) is 17.7 Å². The van der Waals surface area contributed by atoms with Gasteiger partial charge in [0, 0.05) is 35.7 Å². The van der Waals surface area contributed by atoms with E-state index in [1.807, 2.05) is 0 Å².